The first-order valence-corrected chi connectivity index (χ1v) is 5.22. The standard InChI is InChI=1S/C14H12O3/c1-10-12(14(15)16)8-5-9-13(10)17-11-6-3-2-4-7-11/h2-9H,1H3,(H,15,16)/p-1. The number of carboxylic acids is 1. The van der Waals surface area contributed by atoms with Crippen molar-refractivity contribution in [1.29, 1.82) is 0 Å². The lowest BCUT2D eigenvalue weighted by Crippen LogP contribution is -2.23. The first-order chi connectivity index (χ1) is 8.18. The average molecular weight is 227 g/mol. The number of hydrogen-bond acceptors (Lipinski definition) is 3. The number of carbonyl (C=O) groups excluding carboxylic acids is 1. The molecule has 2 rings (SSSR count). The highest BCUT2D eigenvalue weighted by Gasteiger charge is 2.06. The number of ether oxygens (including phenoxy) is 1. The Morgan fingerprint density at radius 2 is 1.76 bits per heavy atom. The zero-order chi connectivity index (χ0) is 12.3. The zero-order valence-corrected chi connectivity index (χ0v) is 9.34. The van der Waals surface area contributed by atoms with E-state index in [0.29, 0.717) is 17.1 Å². The van der Waals surface area contributed by atoms with Gasteiger partial charge in [0, 0.05) is 11.1 Å². The molecule has 0 saturated carbocycles. The molecule has 0 unspecified atom stereocenters. The van der Waals surface area contributed by atoms with Crippen molar-refractivity contribution >= 4 is 5.97 Å². The number of hydrogen-bond donors (Lipinski definition) is 0. The predicted octanol–water partition coefficient (Wildman–Crippen LogP) is 2.15. The lowest BCUT2D eigenvalue weighted by Gasteiger charge is -2.12. The molecule has 0 bridgehead atoms. The van der Waals surface area contributed by atoms with Gasteiger partial charge >= 0.3 is 0 Å². The quantitative estimate of drug-likeness (QED) is 0.807. The molecule has 0 atom stereocenters. The van der Waals surface area contributed by atoms with E-state index in [2.05, 4.69) is 0 Å². The van der Waals surface area contributed by atoms with Crippen molar-refractivity contribution in [3.8, 4) is 11.5 Å². The van der Waals surface area contributed by atoms with Gasteiger partial charge in [0.1, 0.15) is 11.5 Å². The molecule has 0 aliphatic carbocycles. The third kappa shape index (κ3) is 2.45. The van der Waals surface area contributed by atoms with Gasteiger partial charge in [-0.25, -0.2) is 0 Å². The fourth-order valence-corrected chi connectivity index (χ4v) is 1.56. The molecule has 2 aromatic carbocycles. The monoisotopic (exact) mass is 227 g/mol. The van der Waals surface area contributed by atoms with E-state index in [9.17, 15) is 9.90 Å². The molecule has 0 aliphatic heterocycles. The molecule has 86 valence electrons. The summed E-state index contributed by atoms with van der Waals surface area (Å²) in [5.41, 5.74) is 0.717. The van der Waals surface area contributed by atoms with Crippen LogP contribution in [0.4, 0.5) is 0 Å². The van der Waals surface area contributed by atoms with Gasteiger partial charge in [-0.05, 0) is 25.1 Å². The van der Waals surface area contributed by atoms with Crippen molar-refractivity contribution in [3.05, 3.63) is 59.7 Å². The van der Waals surface area contributed by atoms with Crippen LogP contribution < -0.4 is 9.84 Å². The summed E-state index contributed by atoms with van der Waals surface area (Å²) >= 11 is 0. The third-order valence-electron chi connectivity index (χ3n) is 2.48. The SMILES string of the molecule is Cc1c(Oc2ccccc2)cccc1C(=O)[O-]. The Morgan fingerprint density at radius 3 is 2.41 bits per heavy atom. The summed E-state index contributed by atoms with van der Waals surface area (Å²) < 4.78 is 5.61. The van der Waals surface area contributed by atoms with Crippen molar-refractivity contribution < 1.29 is 14.6 Å². The average Bonchev–Trinajstić information content (AvgIpc) is 2.33. The molecule has 3 nitrogen and oxygen atoms in total. The van der Waals surface area contributed by atoms with Crippen molar-refractivity contribution in [2.24, 2.45) is 0 Å². The lowest BCUT2D eigenvalue weighted by molar-refractivity contribution is -0.255. The van der Waals surface area contributed by atoms with Gasteiger partial charge in [0.05, 0.1) is 5.97 Å². The number of benzene rings is 2. The highest BCUT2D eigenvalue weighted by molar-refractivity contribution is 5.88. The van der Waals surface area contributed by atoms with Crippen LogP contribution in [0.3, 0.4) is 0 Å². The smallest absolute Gasteiger partial charge is 0.130 e. The van der Waals surface area contributed by atoms with Gasteiger partial charge in [-0.1, -0.05) is 30.3 Å². The maximum absolute atomic E-state index is 10.9. The predicted molar refractivity (Wildman–Crippen MR) is 62.0 cm³/mol. The molecule has 0 aliphatic rings. The molecule has 0 amide bonds. The van der Waals surface area contributed by atoms with E-state index in [4.69, 9.17) is 4.74 Å². The van der Waals surface area contributed by atoms with Crippen LogP contribution in [-0.2, 0) is 0 Å². The fourth-order valence-electron chi connectivity index (χ4n) is 1.56. The van der Waals surface area contributed by atoms with Crippen LogP contribution in [0.5, 0.6) is 11.5 Å². The van der Waals surface area contributed by atoms with Crippen LogP contribution in [0, 0.1) is 6.92 Å². The van der Waals surface area contributed by atoms with Gasteiger partial charge < -0.3 is 14.6 Å². The molecule has 0 radical (unpaired) electrons. The summed E-state index contributed by atoms with van der Waals surface area (Å²) in [6.45, 7) is 1.70. The van der Waals surface area contributed by atoms with E-state index < -0.39 is 5.97 Å². The molecule has 2 aromatic rings. The maximum Gasteiger partial charge on any atom is 0.130 e. The number of carbonyl (C=O) groups is 1. The zero-order valence-electron chi connectivity index (χ0n) is 9.34. The molecule has 0 heterocycles. The lowest BCUT2D eigenvalue weighted by atomic mass is 10.1. The third-order valence-corrected chi connectivity index (χ3v) is 2.48. The fraction of sp³-hybridized carbons (Fsp3) is 0.0714. The Bertz CT molecular complexity index is 532. The van der Waals surface area contributed by atoms with E-state index in [-0.39, 0.29) is 5.56 Å². The summed E-state index contributed by atoms with van der Waals surface area (Å²) in [6, 6.07) is 14.1. The van der Waals surface area contributed by atoms with Gasteiger partial charge in [-0.3, -0.25) is 0 Å². The van der Waals surface area contributed by atoms with Crippen molar-refractivity contribution in [2.75, 3.05) is 0 Å². The highest BCUT2D eigenvalue weighted by Crippen LogP contribution is 2.26. The Balaban J connectivity index is 2.34. The summed E-state index contributed by atoms with van der Waals surface area (Å²) in [5.74, 6) is 0.00464. The van der Waals surface area contributed by atoms with Crippen LogP contribution in [0.1, 0.15) is 15.9 Å². The molecule has 17 heavy (non-hydrogen) atoms. The second-order valence-corrected chi connectivity index (χ2v) is 3.63. The second kappa shape index (κ2) is 4.70. The summed E-state index contributed by atoms with van der Waals surface area (Å²) in [4.78, 5) is 10.9. The minimum atomic E-state index is -1.19. The molecule has 0 fully saturated rings. The van der Waals surface area contributed by atoms with E-state index in [1.54, 1.807) is 19.1 Å². The van der Waals surface area contributed by atoms with Crippen LogP contribution in [0.25, 0.3) is 0 Å². The van der Waals surface area contributed by atoms with Crippen molar-refractivity contribution in [2.45, 2.75) is 6.92 Å². The first-order valence-electron chi connectivity index (χ1n) is 5.22. The Labute approximate surface area is 99.3 Å². The van der Waals surface area contributed by atoms with E-state index in [1.807, 2.05) is 30.3 Å². The minimum Gasteiger partial charge on any atom is -0.545 e. The molecule has 0 spiro atoms. The van der Waals surface area contributed by atoms with Crippen molar-refractivity contribution in [3.63, 3.8) is 0 Å². The number of rotatable bonds is 3. The normalized spacial score (nSPS) is 9.94. The Kier molecular flexibility index (Phi) is 3.10. The first kappa shape index (κ1) is 11.2. The molecule has 0 N–H and O–H groups in total. The highest BCUT2D eigenvalue weighted by atomic mass is 16.5. The molecular formula is C14H11O3-. The van der Waals surface area contributed by atoms with Crippen LogP contribution in [-0.4, -0.2) is 5.97 Å². The van der Waals surface area contributed by atoms with Crippen LogP contribution in [0.2, 0.25) is 0 Å². The maximum atomic E-state index is 10.9. The number of para-hydroxylation sites is 1. The van der Waals surface area contributed by atoms with Gasteiger partial charge in [0.15, 0.2) is 0 Å². The summed E-state index contributed by atoms with van der Waals surface area (Å²) in [7, 11) is 0. The Hall–Kier alpha value is -2.29. The largest absolute Gasteiger partial charge is 0.545 e. The van der Waals surface area contributed by atoms with Gasteiger partial charge in [0.2, 0.25) is 0 Å². The van der Waals surface area contributed by atoms with Crippen LogP contribution >= 0.6 is 0 Å². The molecule has 0 saturated heterocycles. The summed E-state index contributed by atoms with van der Waals surface area (Å²) in [5, 5.41) is 10.9. The number of carboxylic acid groups (broad SMARTS) is 1. The minimum absolute atomic E-state index is 0.151. The summed E-state index contributed by atoms with van der Waals surface area (Å²) in [6.07, 6.45) is 0. The van der Waals surface area contributed by atoms with Crippen LogP contribution in [0.15, 0.2) is 48.5 Å². The molecule has 0 aromatic heterocycles. The topological polar surface area (TPSA) is 49.4 Å². The van der Waals surface area contributed by atoms with Gasteiger partial charge in [-0.2, -0.15) is 0 Å². The van der Waals surface area contributed by atoms with E-state index >= 15 is 0 Å². The van der Waals surface area contributed by atoms with Gasteiger partial charge in [0.25, 0.3) is 0 Å². The molecular weight excluding hydrogens is 216 g/mol. The number of aromatic carboxylic acids is 1. The Morgan fingerprint density at radius 1 is 1.06 bits per heavy atom. The van der Waals surface area contributed by atoms with E-state index in [1.165, 1.54) is 6.07 Å². The van der Waals surface area contributed by atoms with E-state index in [0.717, 1.165) is 0 Å². The molecule has 3 heteroatoms. The van der Waals surface area contributed by atoms with Crippen molar-refractivity contribution in [1.82, 2.24) is 0 Å². The second-order valence-electron chi connectivity index (χ2n) is 3.63. The van der Waals surface area contributed by atoms with Gasteiger partial charge in [-0.15, -0.1) is 0 Å².